The van der Waals surface area contributed by atoms with Crippen LogP contribution in [0.25, 0.3) is 0 Å². The number of aldehydes is 1. The molecule has 1 aromatic heterocycles. The summed E-state index contributed by atoms with van der Waals surface area (Å²) in [5, 5.41) is 0. The molecule has 1 N–H and O–H groups in total. The van der Waals surface area contributed by atoms with Crippen molar-refractivity contribution >= 4 is 22.0 Å². The molecule has 0 amide bonds. The van der Waals surface area contributed by atoms with Gasteiger partial charge in [0.15, 0.2) is 12.0 Å². The van der Waals surface area contributed by atoms with Crippen LogP contribution in [0.3, 0.4) is 0 Å². The first-order chi connectivity index (χ1) is 7.99. The molecule has 0 spiro atoms. The molecule has 1 aliphatic carbocycles. The lowest BCUT2D eigenvalue weighted by Gasteiger charge is -2.12. The monoisotopic (exact) mass is 256 g/mol. The van der Waals surface area contributed by atoms with E-state index in [9.17, 15) is 13.2 Å². The van der Waals surface area contributed by atoms with Gasteiger partial charge in [-0.2, -0.15) is 0 Å². The van der Waals surface area contributed by atoms with Gasteiger partial charge in [-0.3, -0.25) is 9.52 Å². The fraction of sp³-hybridized carbons (Fsp3) is 0.400. The van der Waals surface area contributed by atoms with Crippen LogP contribution in [-0.4, -0.2) is 32.0 Å². The summed E-state index contributed by atoms with van der Waals surface area (Å²) in [5.74, 6) is 0.204. The van der Waals surface area contributed by atoms with Crippen LogP contribution in [-0.2, 0) is 10.0 Å². The Hall–Kier alpha value is -1.63. The topological polar surface area (TPSA) is 85.4 Å². The lowest BCUT2D eigenvalue weighted by Crippen LogP contribution is -2.13. The fourth-order valence-electron chi connectivity index (χ4n) is 1.30. The van der Waals surface area contributed by atoms with E-state index >= 15 is 0 Å². The summed E-state index contributed by atoms with van der Waals surface area (Å²) >= 11 is 0. The molecular weight excluding hydrogens is 244 g/mol. The number of carbonyl (C=O) groups excluding carboxylic acids is 1. The van der Waals surface area contributed by atoms with E-state index in [2.05, 4.69) is 9.71 Å². The Morgan fingerprint density at radius 3 is 2.76 bits per heavy atom. The molecule has 0 aromatic carbocycles. The lowest BCUT2D eigenvalue weighted by molar-refractivity contribution is 0.111. The zero-order chi connectivity index (χ0) is 12.5. The van der Waals surface area contributed by atoms with E-state index in [0.717, 1.165) is 19.1 Å². The maximum Gasteiger partial charge on any atom is 0.229 e. The van der Waals surface area contributed by atoms with Crippen molar-refractivity contribution in [2.75, 3.05) is 11.0 Å². The average molecular weight is 256 g/mol. The van der Waals surface area contributed by atoms with Crippen LogP contribution in [0.2, 0.25) is 0 Å². The first kappa shape index (κ1) is 11.8. The second-order valence-corrected chi connectivity index (χ2v) is 5.63. The van der Waals surface area contributed by atoms with Gasteiger partial charge >= 0.3 is 0 Å². The molecule has 0 radical (unpaired) electrons. The van der Waals surface area contributed by atoms with Crippen LogP contribution < -0.4 is 9.46 Å². The predicted molar refractivity (Wildman–Crippen MR) is 61.7 cm³/mol. The maximum absolute atomic E-state index is 11.2. The average Bonchev–Trinajstić information content (AvgIpc) is 3.02. The van der Waals surface area contributed by atoms with E-state index in [-0.39, 0.29) is 23.2 Å². The number of hydrogen-bond donors (Lipinski definition) is 1. The summed E-state index contributed by atoms with van der Waals surface area (Å²) in [5.41, 5.74) is 0.349. The van der Waals surface area contributed by atoms with Gasteiger partial charge in [0.2, 0.25) is 10.0 Å². The van der Waals surface area contributed by atoms with Gasteiger partial charge < -0.3 is 4.74 Å². The molecule has 0 bridgehead atoms. The van der Waals surface area contributed by atoms with Crippen molar-refractivity contribution in [3.63, 3.8) is 0 Å². The maximum atomic E-state index is 11.2. The molecule has 0 atom stereocenters. The van der Waals surface area contributed by atoms with Crippen LogP contribution in [0, 0.1) is 0 Å². The van der Waals surface area contributed by atoms with Crippen molar-refractivity contribution < 1.29 is 17.9 Å². The quantitative estimate of drug-likeness (QED) is 0.788. The first-order valence-electron chi connectivity index (χ1n) is 5.08. The zero-order valence-corrected chi connectivity index (χ0v) is 10.0. The van der Waals surface area contributed by atoms with Crippen LogP contribution in [0.4, 0.5) is 5.69 Å². The Morgan fingerprint density at radius 2 is 2.24 bits per heavy atom. The summed E-state index contributed by atoms with van der Waals surface area (Å²) in [4.78, 5) is 14.7. The predicted octanol–water partition coefficient (Wildman–Crippen LogP) is 0.807. The summed E-state index contributed by atoms with van der Waals surface area (Å²) in [6.45, 7) is 0. The summed E-state index contributed by atoms with van der Waals surface area (Å²) in [6, 6.07) is 1.46. The van der Waals surface area contributed by atoms with Crippen molar-refractivity contribution in [3.8, 4) is 5.75 Å². The Morgan fingerprint density at radius 1 is 1.53 bits per heavy atom. The van der Waals surface area contributed by atoms with E-state index in [4.69, 9.17) is 4.74 Å². The van der Waals surface area contributed by atoms with Gasteiger partial charge in [-0.15, -0.1) is 0 Å². The van der Waals surface area contributed by atoms with Crippen molar-refractivity contribution in [2.24, 2.45) is 0 Å². The van der Waals surface area contributed by atoms with Crippen LogP contribution in [0.1, 0.15) is 23.3 Å². The van der Waals surface area contributed by atoms with Crippen molar-refractivity contribution in [2.45, 2.75) is 18.9 Å². The number of rotatable bonds is 5. The Kier molecular flexibility index (Phi) is 3.01. The van der Waals surface area contributed by atoms with Gasteiger partial charge in [-0.1, -0.05) is 0 Å². The Bertz CT molecular complexity index is 537. The van der Waals surface area contributed by atoms with Gasteiger partial charge in [-0.05, 0) is 18.9 Å². The number of carbonyl (C=O) groups is 1. The molecule has 0 saturated heterocycles. The largest absolute Gasteiger partial charge is 0.486 e. The number of pyridine rings is 1. The van der Waals surface area contributed by atoms with E-state index in [1.807, 2.05) is 0 Å². The van der Waals surface area contributed by atoms with Gasteiger partial charge in [0.1, 0.15) is 5.69 Å². The molecule has 1 aliphatic rings. The molecule has 1 heterocycles. The minimum absolute atomic E-state index is 0.0537. The Labute approximate surface area is 99.1 Å². The van der Waals surface area contributed by atoms with Crippen molar-refractivity contribution in [3.05, 3.63) is 18.0 Å². The highest BCUT2D eigenvalue weighted by atomic mass is 32.2. The minimum Gasteiger partial charge on any atom is -0.486 e. The van der Waals surface area contributed by atoms with Crippen LogP contribution in [0.5, 0.6) is 5.75 Å². The van der Waals surface area contributed by atoms with Gasteiger partial charge in [0, 0.05) is 6.20 Å². The number of ether oxygens (including phenoxy) is 1. The molecule has 92 valence electrons. The molecular formula is C10H12N2O4S. The van der Waals surface area contributed by atoms with Crippen molar-refractivity contribution in [1.82, 2.24) is 4.98 Å². The molecule has 1 aromatic rings. The zero-order valence-electron chi connectivity index (χ0n) is 9.21. The van der Waals surface area contributed by atoms with Crippen LogP contribution >= 0.6 is 0 Å². The van der Waals surface area contributed by atoms with Crippen LogP contribution in [0.15, 0.2) is 12.3 Å². The minimum atomic E-state index is -3.41. The van der Waals surface area contributed by atoms with E-state index in [1.54, 1.807) is 0 Å². The first-order valence-corrected chi connectivity index (χ1v) is 6.97. The highest BCUT2D eigenvalue weighted by Crippen LogP contribution is 2.33. The van der Waals surface area contributed by atoms with Gasteiger partial charge in [-0.25, -0.2) is 13.4 Å². The summed E-state index contributed by atoms with van der Waals surface area (Å²) < 4.78 is 30.2. The number of sulfonamides is 1. The molecule has 0 aliphatic heterocycles. The van der Waals surface area contributed by atoms with Gasteiger partial charge in [0.25, 0.3) is 0 Å². The van der Waals surface area contributed by atoms with E-state index in [1.165, 1.54) is 12.3 Å². The molecule has 7 heteroatoms. The molecule has 2 rings (SSSR count). The molecule has 17 heavy (non-hydrogen) atoms. The molecule has 1 fully saturated rings. The summed E-state index contributed by atoms with van der Waals surface area (Å²) in [6.07, 6.45) is 4.81. The van der Waals surface area contributed by atoms with Gasteiger partial charge in [0.05, 0.1) is 18.0 Å². The smallest absolute Gasteiger partial charge is 0.229 e. The second-order valence-electron chi connectivity index (χ2n) is 3.88. The summed E-state index contributed by atoms with van der Waals surface area (Å²) in [7, 11) is -3.41. The third-order valence-electron chi connectivity index (χ3n) is 2.15. The molecule has 1 saturated carbocycles. The number of nitrogens with zero attached hydrogens (tertiary/aromatic N) is 1. The highest BCUT2D eigenvalue weighted by Gasteiger charge is 2.26. The standard InChI is InChI=1S/C10H12N2O4S/c1-17(14,15)12-8-4-5-11-9(6-13)10(8)16-7-2-3-7/h4-7H,2-3H2,1H3,(H,11,12). The third kappa shape index (κ3) is 3.16. The number of anilines is 1. The number of hydrogen-bond acceptors (Lipinski definition) is 5. The van der Waals surface area contributed by atoms with E-state index < -0.39 is 10.0 Å². The second kappa shape index (κ2) is 4.33. The molecule has 0 unspecified atom stereocenters. The van der Waals surface area contributed by atoms with Crippen molar-refractivity contribution in [1.29, 1.82) is 0 Å². The molecule has 6 nitrogen and oxygen atoms in total. The number of aromatic nitrogens is 1. The highest BCUT2D eigenvalue weighted by molar-refractivity contribution is 7.92. The Balaban J connectivity index is 2.37. The fourth-order valence-corrected chi connectivity index (χ4v) is 1.87. The number of nitrogens with one attached hydrogen (secondary N) is 1. The SMILES string of the molecule is CS(=O)(=O)Nc1ccnc(C=O)c1OC1CC1. The normalized spacial score (nSPS) is 15.4. The van der Waals surface area contributed by atoms with E-state index in [0.29, 0.717) is 6.29 Å². The lowest BCUT2D eigenvalue weighted by atomic mass is 10.3. The third-order valence-corrected chi connectivity index (χ3v) is 2.74.